The normalized spacial score (nSPS) is 13.6. The molecule has 0 aliphatic rings. The van der Waals surface area contributed by atoms with Gasteiger partial charge >= 0.3 is 185 Å². The summed E-state index contributed by atoms with van der Waals surface area (Å²) in [7, 11) is 0. The van der Waals surface area contributed by atoms with Crippen LogP contribution in [0.15, 0.2) is 35.2 Å². The Labute approximate surface area is 184 Å². The summed E-state index contributed by atoms with van der Waals surface area (Å²) in [6.07, 6.45) is 9.60. The van der Waals surface area contributed by atoms with Crippen molar-refractivity contribution < 1.29 is 4.74 Å². The van der Waals surface area contributed by atoms with Crippen molar-refractivity contribution in [1.29, 1.82) is 0 Å². The molecule has 162 valence electrons. The number of ether oxygens (including phenoxy) is 1. The Kier molecular flexibility index (Phi) is 13.5. The Morgan fingerprint density at radius 2 is 1.36 bits per heavy atom. The average Bonchev–Trinajstić information content (AvgIpc) is 2.67. The van der Waals surface area contributed by atoms with Crippen molar-refractivity contribution in [3.63, 3.8) is 0 Å². The Bertz CT molecular complexity index is 475. The van der Waals surface area contributed by atoms with Crippen LogP contribution in [-0.2, 0) is 4.74 Å². The molecule has 0 amide bonds. The van der Waals surface area contributed by atoms with Crippen LogP contribution < -0.4 is 0 Å². The molecule has 1 nitrogen and oxygen atoms in total. The number of rotatable bonds is 15. The minimum absolute atomic E-state index is 0.0314. The SMILES string of the molecule is CCC[CH2][Sn]([CH2]CCC)([CH2]CCC)[CH](CCOC(C)(C)C)Sc1ccccc1. The summed E-state index contributed by atoms with van der Waals surface area (Å²) in [4.78, 5) is 1.47. The molecule has 1 aromatic rings. The number of benzene rings is 1. The van der Waals surface area contributed by atoms with E-state index in [0.717, 1.165) is 9.87 Å². The van der Waals surface area contributed by atoms with E-state index in [1.807, 2.05) is 0 Å². The van der Waals surface area contributed by atoms with Gasteiger partial charge in [0.05, 0.1) is 0 Å². The second-order valence-corrected chi connectivity index (χ2v) is 25.9. The maximum absolute atomic E-state index is 6.23. The zero-order valence-electron chi connectivity index (χ0n) is 19.6. The molecule has 1 atom stereocenters. The van der Waals surface area contributed by atoms with E-state index in [1.165, 1.54) is 49.8 Å². The molecule has 0 aliphatic heterocycles. The molecule has 1 rings (SSSR count). The summed E-state index contributed by atoms with van der Waals surface area (Å²) in [6, 6.07) is 11.2. The molecule has 0 heterocycles. The second-order valence-electron chi connectivity index (χ2n) is 9.34. The summed E-state index contributed by atoms with van der Waals surface area (Å²) in [5.74, 6) is 0. The quantitative estimate of drug-likeness (QED) is 0.171. The first-order valence-corrected chi connectivity index (χ1v) is 20.3. The van der Waals surface area contributed by atoms with Crippen LogP contribution in [0, 0.1) is 0 Å². The van der Waals surface area contributed by atoms with Crippen LogP contribution in [0.4, 0.5) is 0 Å². The van der Waals surface area contributed by atoms with Gasteiger partial charge in [0, 0.05) is 0 Å². The number of unbranched alkanes of at least 4 members (excludes halogenated alkanes) is 3. The summed E-state index contributed by atoms with van der Waals surface area (Å²) < 4.78 is 11.8. The summed E-state index contributed by atoms with van der Waals surface area (Å²) in [6.45, 7) is 14.6. The monoisotopic (exact) mass is 514 g/mol. The second kappa shape index (κ2) is 14.4. The van der Waals surface area contributed by atoms with Gasteiger partial charge in [0.15, 0.2) is 0 Å². The van der Waals surface area contributed by atoms with Gasteiger partial charge in [-0.15, -0.1) is 0 Å². The summed E-state index contributed by atoms with van der Waals surface area (Å²) in [5.41, 5.74) is -0.0314. The van der Waals surface area contributed by atoms with Crippen molar-refractivity contribution in [3.8, 4) is 0 Å². The number of hydrogen-bond acceptors (Lipinski definition) is 2. The van der Waals surface area contributed by atoms with E-state index in [2.05, 4.69) is 83.6 Å². The first-order valence-electron chi connectivity index (χ1n) is 11.7. The Morgan fingerprint density at radius 3 is 1.79 bits per heavy atom. The Morgan fingerprint density at radius 1 is 0.857 bits per heavy atom. The Balaban J connectivity index is 3.11. The van der Waals surface area contributed by atoms with E-state index in [1.54, 1.807) is 13.3 Å². The molecular weight excluding hydrogens is 467 g/mol. The molecule has 0 bridgehead atoms. The van der Waals surface area contributed by atoms with E-state index < -0.39 is 18.4 Å². The van der Waals surface area contributed by atoms with Gasteiger partial charge in [0.25, 0.3) is 0 Å². The topological polar surface area (TPSA) is 9.23 Å². The van der Waals surface area contributed by atoms with Crippen molar-refractivity contribution in [3.05, 3.63) is 30.3 Å². The fraction of sp³-hybridized carbons (Fsp3) is 0.760. The first-order chi connectivity index (χ1) is 13.4. The number of thioether (sulfide) groups is 1. The molecule has 1 aromatic carbocycles. The van der Waals surface area contributed by atoms with Crippen LogP contribution >= 0.6 is 11.8 Å². The van der Waals surface area contributed by atoms with Gasteiger partial charge < -0.3 is 0 Å². The number of hydrogen-bond donors (Lipinski definition) is 0. The molecule has 0 aliphatic carbocycles. The molecule has 0 saturated carbocycles. The minimum atomic E-state index is -2.32. The fourth-order valence-electron chi connectivity index (χ4n) is 4.07. The fourth-order valence-corrected chi connectivity index (χ4v) is 26.9. The van der Waals surface area contributed by atoms with Crippen LogP contribution in [-0.4, -0.2) is 33.9 Å². The summed E-state index contributed by atoms with van der Waals surface area (Å²) in [5, 5.41) is 0. The van der Waals surface area contributed by atoms with E-state index in [-0.39, 0.29) is 5.60 Å². The molecule has 0 aromatic heterocycles. The zero-order valence-corrected chi connectivity index (χ0v) is 23.2. The van der Waals surface area contributed by atoms with Crippen molar-refractivity contribution >= 4 is 30.1 Å². The van der Waals surface area contributed by atoms with Crippen LogP contribution in [0.3, 0.4) is 0 Å². The van der Waals surface area contributed by atoms with E-state index in [4.69, 9.17) is 4.74 Å². The molecule has 0 spiro atoms. The van der Waals surface area contributed by atoms with E-state index >= 15 is 0 Å². The van der Waals surface area contributed by atoms with Crippen LogP contribution in [0.5, 0.6) is 0 Å². The van der Waals surface area contributed by atoms with E-state index in [9.17, 15) is 0 Å². The van der Waals surface area contributed by atoms with Gasteiger partial charge in [0.1, 0.15) is 0 Å². The van der Waals surface area contributed by atoms with Gasteiger partial charge in [-0.05, 0) is 0 Å². The molecule has 0 radical (unpaired) electrons. The molecule has 3 heteroatoms. The third-order valence-electron chi connectivity index (χ3n) is 5.70. The summed E-state index contributed by atoms with van der Waals surface area (Å²) >= 11 is -0.104. The van der Waals surface area contributed by atoms with E-state index in [0.29, 0.717) is 0 Å². The molecule has 0 fully saturated rings. The molecule has 28 heavy (non-hydrogen) atoms. The van der Waals surface area contributed by atoms with Gasteiger partial charge in [0.2, 0.25) is 0 Å². The van der Waals surface area contributed by atoms with Crippen LogP contribution in [0.1, 0.15) is 86.5 Å². The molecular formula is C25H46OSSn. The molecule has 1 unspecified atom stereocenters. The van der Waals surface area contributed by atoms with Crippen LogP contribution in [0.25, 0.3) is 0 Å². The predicted octanol–water partition coefficient (Wildman–Crippen LogP) is 8.74. The standard InChI is InChI=1S/C13H19OS.3C4H9.Sn/c1-13(2,3)14-10-7-11-15-12-8-5-4-6-9-12;3*1-3-4-2;/h4-6,8-9,11H,7,10H2,1-3H3;3*1,3-4H2,2H3;. The van der Waals surface area contributed by atoms with Crippen molar-refractivity contribution in [2.45, 2.75) is 114 Å². The van der Waals surface area contributed by atoms with Crippen LogP contribution in [0.2, 0.25) is 13.3 Å². The van der Waals surface area contributed by atoms with Gasteiger partial charge in [-0.3, -0.25) is 0 Å². The average molecular weight is 513 g/mol. The van der Waals surface area contributed by atoms with Gasteiger partial charge in [-0.25, -0.2) is 0 Å². The third-order valence-corrected chi connectivity index (χ3v) is 27.4. The van der Waals surface area contributed by atoms with Crippen molar-refractivity contribution in [2.75, 3.05) is 6.61 Å². The first kappa shape index (κ1) is 26.4. The molecule has 0 saturated heterocycles. The maximum atomic E-state index is 6.23. The van der Waals surface area contributed by atoms with Crippen molar-refractivity contribution in [2.24, 2.45) is 0 Å². The van der Waals surface area contributed by atoms with Gasteiger partial charge in [-0.2, -0.15) is 0 Å². The zero-order chi connectivity index (χ0) is 20.9. The predicted molar refractivity (Wildman–Crippen MR) is 131 cm³/mol. The Hall–Kier alpha value is 0.329. The van der Waals surface area contributed by atoms with Crippen molar-refractivity contribution in [1.82, 2.24) is 0 Å². The molecule has 0 N–H and O–H groups in total. The third kappa shape index (κ3) is 10.4. The van der Waals surface area contributed by atoms with Gasteiger partial charge in [-0.1, -0.05) is 0 Å².